The molecule has 0 saturated carbocycles. The molecule has 0 heteroatoms. The predicted octanol–water partition coefficient (Wildman–Crippen LogP) is 9.36. The van der Waals surface area contributed by atoms with E-state index in [0.717, 1.165) is 5.92 Å². The van der Waals surface area contributed by atoms with Crippen molar-refractivity contribution in [3.05, 3.63) is 23.3 Å². The third kappa shape index (κ3) is 34.0. The molecule has 0 aromatic heterocycles. The molecule has 0 unspecified atom stereocenters. The zero-order valence-electron chi connectivity index (χ0n) is 18.7. The topological polar surface area (TPSA) is 0 Å². The van der Waals surface area contributed by atoms with E-state index in [9.17, 15) is 0 Å². The van der Waals surface area contributed by atoms with Gasteiger partial charge in [0.25, 0.3) is 0 Å². The molecule has 0 radical (unpaired) electrons. The monoisotopic (exact) mass is 326 g/mol. The molecule has 0 aliphatic carbocycles. The molecule has 0 rings (SSSR count). The molecule has 142 valence electrons. The molecule has 0 aliphatic heterocycles. The van der Waals surface area contributed by atoms with Crippen LogP contribution in [0.4, 0.5) is 0 Å². The first-order chi connectivity index (χ1) is 10.8. The smallest absolute Gasteiger partial charge is 0.0323 e. The van der Waals surface area contributed by atoms with Crippen molar-refractivity contribution in [2.24, 2.45) is 5.92 Å². The quantitative estimate of drug-likeness (QED) is 0.308. The van der Waals surface area contributed by atoms with E-state index in [1.807, 2.05) is 27.7 Å². The lowest BCUT2D eigenvalue weighted by molar-refractivity contribution is 0.537. The van der Waals surface area contributed by atoms with Crippen molar-refractivity contribution in [1.29, 1.82) is 0 Å². The van der Waals surface area contributed by atoms with Gasteiger partial charge in [-0.05, 0) is 52.4 Å². The lowest BCUT2D eigenvalue weighted by Crippen LogP contribution is -1.86. The third-order valence-electron chi connectivity index (χ3n) is 3.52. The molecule has 0 aromatic carbocycles. The molecule has 0 spiro atoms. The van der Waals surface area contributed by atoms with E-state index in [0.29, 0.717) is 0 Å². The fraction of sp³-hybridized carbons (Fsp3) is 0.826. The van der Waals surface area contributed by atoms with E-state index in [-0.39, 0.29) is 0 Å². The average molecular weight is 327 g/mol. The second-order valence-corrected chi connectivity index (χ2v) is 6.26. The summed E-state index contributed by atoms with van der Waals surface area (Å²) in [6, 6.07) is 0. The molecule has 0 fully saturated rings. The SMILES string of the molecule is C=C(C)CCCCC(C)C.CC.CC.CCC/C(C)=C(/C)CC. The van der Waals surface area contributed by atoms with E-state index in [4.69, 9.17) is 0 Å². The van der Waals surface area contributed by atoms with Crippen molar-refractivity contribution < 1.29 is 0 Å². The van der Waals surface area contributed by atoms with E-state index in [1.165, 1.54) is 50.5 Å². The molecule has 0 heterocycles. The van der Waals surface area contributed by atoms with Crippen molar-refractivity contribution in [3.8, 4) is 0 Å². The van der Waals surface area contributed by atoms with Gasteiger partial charge in [0.05, 0.1) is 0 Å². The average Bonchev–Trinajstić information content (AvgIpc) is 2.55. The second kappa shape index (κ2) is 26.4. The van der Waals surface area contributed by atoms with E-state index < -0.39 is 0 Å². The predicted molar refractivity (Wildman–Crippen MR) is 114 cm³/mol. The van der Waals surface area contributed by atoms with Crippen LogP contribution in [-0.4, -0.2) is 0 Å². The first-order valence-corrected chi connectivity index (χ1v) is 10.1. The molecule has 0 aliphatic rings. The minimum Gasteiger partial charge on any atom is -0.100 e. The van der Waals surface area contributed by atoms with Crippen LogP contribution in [0.2, 0.25) is 0 Å². The van der Waals surface area contributed by atoms with Gasteiger partial charge in [0.1, 0.15) is 0 Å². The van der Waals surface area contributed by atoms with Gasteiger partial charge < -0.3 is 0 Å². The summed E-state index contributed by atoms with van der Waals surface area (Å²) in [4.78, 5) is 0. The summed E-state index contributed by atoms with van der Waals surface area (Å²) in [7, 11) is 0. The van der Waals surface area contributed by atoms with Crippen LogP contribution in [-0.2, 0) is 0 Å². The van der Waals surface area contributed by atoms with Crippen LogP contribution in [0.5, 0.6) is 0 Å². The molecule has 0 aromatic rings. The highest BCUT2D eigenvalue weighted by molar-refractivity contribution is 5.08. The van der Waals surface area contributed by atoms with Crippen molar-refractivity contribution in [2.45, 2.75) is 121 Å². The minimum absolute atomic E-state index is 0.866. The summed E-state index contributed by atoms with van der Waals surface area (Å²) in [5.74, 6) is 0.866. The van der Waals surface area contributed by atoms with Crippen LogP contribution < -0.4 is 0 Å². The summed E-state index contributed by atoms with van der Waals surface area (Å²) in [6.45, 7) is 27.4. The van der Waals surface area contributed by atoms with Crippen LogP contribution in [0.1, 0.15) is 121 Å². The Bertz CT molecular complexity index is 243. The Morgan fingerprint density at radius 2 is 1.26 bits per heavy atom. The first kappa shape index (κ1) is 30.4. The van der Waals surface area contributed by atoms with Crippen molar-refractivity contribution >= 4 is 0 Å². The Hall–Kier alpha value is -0.520. The van der Waals surface area contributed by atoms with Gasteiger partial charge in [-0.25, -0.2) is 0 Å². The fourth-order valence-electron chi connectivity index (χ4n) is 1.87. The highest BCUT2D eigenvalue weighted by atomic mass is 14.0. The number of allylic oxidation sites excluding steroid dienone is 3. The van der Waals surface area contributed by atoms with Gasteiger partial charge in [0.2, 0.25) is 0 Å². The molecule has 0 bridgehead atoms. The van der Waals surface area contributed by atoms with Gasteiger partial charge in [-0.3, -0.25) is 0 Å². The minimum atomic E-state index is 0.866. The lowest BCUT2D eigenvalue weighted by Gasteiger charge is -2.03. The molecule has 23 heavy (non-hydrogen) atoms. The Morgan fingerprint density at radius 3 is 1.57 bits per heavy atom. The molecule has 0 amide bonds. The summed E-state index contributed by atoms with van der Waals surface area (Å²) in [5.41, 5.74) is 4.47. The maximum Gasteiger partial charge on any atom is -0.0323 e. The Kier molecular flexibility index (Phi) is 34.8. The van der Waals surface area contributed by atoms with E-state index in [1.54, 1.807) is 11.1 Å². The Morgan fingerprint density at radius 1 is 0.783 bits per heavy atom. The van der Waals surface area contributed by atoms with Crippen LogP contribution >= 0.6 is 0 Å². The Balaban J connectivity index is -0.000000129. The molecular formula is C23H50. The van der Waals surface area contributed by atoms with Crippen LogP contribution in [0.15, 0.2) is 23.3 Å². The van der Waals surface area contributed by atoms with Crippen molar-refractivity contribution in [1.82, 2.24) is 0 Å². The van der Waals surface area contributed by atoms with Gasteiger partial charge in [-0.2, -0.15) is 0 Å². The largest absolute Gasteiger partial charge is 0.100 e. The standard InChI is InChI=1S/C10H20.C9H18.2C2H6/c1-9(2)7-5-6-8-10(3)4;1-5-7-9(4)8(3)6-2;2*1-2/h10H,1,5-8H2,2-4H3;5-7H2,1-4H3;2*1-2H3/b;9-8-;;. The van der Waals surface area contributed by atoms with Crippen LogP contribution in [0, 0.1) is 5.92 Å². The number of rotatable bonds is 8. The molecule has 0 saturated heterocycles. The number of hydrogen-bond acceptors (Lipinski definition) is 0. The maximum absolute atomic E-state index is 3.87. The molecule has 0 atom stereocenters. The van der Waals surface area contributed by atoms with E-state index >= 15 is 0 Å². The van der Waals surface area contributed by atoms with Gasteiger partial charge in [0, 0.05) is 0 Å². The van der Waals surface area contributed by atoms with Gasteiger partial charge in [-0.1, -0.05) is 91.4 Å². The number of unbranched alkanes of at least 4 members (excludes halogenated alkanes) is 1. The van der Waals surface area contributed by atoms with Gasteiger partial charge in [0.15, 0.2) is 0 Å². The summed E-state index contributed by atoms with van der Waals surface area (Å²) < 4.78 is 0. The van der Waals surface area contributed by atoms with E-state index in [2.05, 4.69) is 55.0 Å². The Labute approximate surface area is 150 Å². The third-order valence-corrected chi connectivity index (χ3v) is 3.52. The zero-order chi connectivity index (χ0) is 19.3. The highest BCUT2D eigenvalue weighted by Gasteiger charge is 1.93. The van der Waals surface area contributed by atoms with Gasteiger partial charge in [-0.15, -0.1) is 6.58 Å². The second-order valence-electron chi connectivity index (χ2n) is 6.26. The molecule has 0 nitrogen and oxygen atoms in total. The number of hydrogen-bond donors (Lipinski definition) is 0. The fourth-order valence-corrected chi connectivity index (χ4v) is 1.87. The van der Waals surface area contributed by atoms with Crippen molar-refractivity contribution in [2.75, 3.05) is 0 Å². The normalized spacial score (nSPS) is 10.3. The maximum atomic E-state index is 3.87. The molecule has 0 N–H and O–H groups in total. The summed E-state index contributed by atoms with van der Waals surface area (Å²) in [6.07, 6.45) is 9.05. The zero-order valence-corrected chi connectivity index (χ0v) is 18.7. The summed E-state index contributed by atoms with van der Waals surface area (Å²) >= 11 is 0. The van der Waals surface area contributed by atoms with Crippen LogP contribution in [0.25, 0.3) is 0 Å². The lowest BCUT2D eigenvalue weighted by atomic mass is 10.0. The summed E-state index contributed by atoms with van der Waals surface area (Å²) in [5, 5.41) is 0. The van der Waals surface area contributed by atoms with Gasteiger partial charge >= 0.3 is 0 Å². The molecular weight excluding hydrogens is 276 g/mol. The highest BCUT2D eigenvalue weighted by Crippen LogP contribution is 2.12. The van der Waals surface area contributed by atoms with Crippen molar-refractivity contribution in [3.63, 3.8) is 0 Å². The van der Waals surface area contributed by atoms with Crippen LogP contribution in [0.3, 0.4) is 0 Å². The first-order valence-electron chi connectivity index (χ1n) is 10.1.